The number of hydrogen-bond acceptors (Lipinski definition) is 2. The minimum atomic E-state index is 0.532. The van der Waals surface area contributed by atoms with Crippen LogP contribution in [0.25, 0.3) is 11.0 Å². The van der Waals surface area contributed by atoms with E-state index in [9.17, 15) is 0 Å². The van der Waals surface area contributed by atoms with Crippen LogP contribution in [0.1, 0.15) is 39.2 Å². The number of fused-ring (bicyclic) bond motifs is 1. The van der Waals surface area contributed by atoms with Crippen molar-refractivity contribution in [2.24, 2.45) is 5.92 Å². The van der Waals surface area contributed by atoms with Crippen LogP contribution in [-0.2, 0) is 0 Å². The van der Waals surface area contributed by atoms with E-state index in [-0.39, 0.29) is 0 Å². The fourth-order valence-electron chi connectivity index (χ4n) is 3.10. The molecule has 0 aromatic carbocycles. The predicted molar refractivity (Wildman–Crippen MR) is 78.3 cm³/mol. The van der Waals surface area contributed by atoms with Crippen LogP contribution in [0.3, 0.4) is 0 Å². The van der Waals surface area contributed by atoms with Gasteiger partial charge in [-0.1, -0.05) is 23.3 Å². The van der Waals surface area contributed by atoms with Crippen molar-refractivity contribution in [1.82, 2.24) is 14.5 Å². The van der Waals surface area contributed by atoms with Gasteiger partial charge in [-0.3, -0.25) is 0 Å². The molecule has 1 saturated carbocycles. The molecule has 0 N–H and O–H groups in total. The lowest BCUT2D eigenvalue weighted by molar-refractivity contribution is 0.517. The van der Waals surface area contributed by atoms with Crippen molar-refractivity contribution in [2.75, 3.05) is 0 Å². The van der Waals surface area contributed by atoms with Gasteiger partial charge >= 0.3 is 0 Å². The zero-order chi connectivity index (χ0) is 13.4. The van der Waals surface area contributed by atoms with Gasteiger partial charge in [-0.05, 0) is 45.1 Å². The van der Waals surface area contributed by atoms with Crippen molar-refractivity contribution < 1.29 is 0 Å². The van der Waals surface area contributed by atoms with Gasteiger partial charge in [0.05, 0.1) is 5.39 Å². The molecule has 3 rings (SSSR count). The van der Waals surface area contributed by atoms with E-state index in [1.54, 1.807) is 6.33 Å². The molecule has 100 valence electrons. The van der Waals surface area contributed by atoms with Crippen LogP contribution in [0.5, 0.6) is 0 Å². The Balaban J connectivity index is 1.90. The lowest BCUT2D eigenvalue weighted by Gasteiger charge is -2.13. The lowest BCUT2D eigenvalue weighted by atomic mass is 10.1. The summed E-state index contributed by atoms with van der Waals surface area (Å²) in [6.45, 7) is 4.34. The molecular weight excluding hydrogens is 258 g/mol. The summed E-state index contributed by atoms with van der Waals surface area (Å²) < 4.78 is 2.27. The Morgan fingerprint density at radius 1 is 1.37 bits per heavy atom. The third kappa shape index (κ3) is 2.39. The summed E-state index contributed by atoms with van der Waals surface area (Å²) in [5.41, 5.74) is 2.37. The average molecular weight is 276 g/mol. The normalized spacial score (nSPS) is 22.9. The van der Waals surface area contributed by atoms with Crippen LogP contribution in [0.4, 0.5) is 0 Å². The zero-order valence-electron chi connectivity index (χ0n) is 11.3. The summed E-state index contributed by atoms with van der Waals surface area (Å²) in [4.78, 5) is 8.42. The molecule has 0 saturated heterocycles. The molecule has 2 aromatic heterocycles. The largest absolute Gasteiger partial charge is 0.329 e. The van der Waals surface area contributed by atoms with Gasteiger partial charge in [0.25, 0.3) is 0 Å². The maximum atomic E-state index is 6.10. The van der Waals surface area contributed by atoms with Crippen LogP contribution >= 0.6 is 11.6 Å². The topological polar surface area (TPSA) is 30.7 Å². The van der Waals surface area contributed by atoms with E-state index in [1.165, 1.54) is 24.8 Å². The van der Waals surface area contributed by atoms with Gasteiger partial charge in [-0.25, -0.2) is 9.97 Å². The highest BCUT2D eigenvalue weighted by Crippen LogP contribution is 2.38. The van der Waals surface area contributed by atoms with Crippen LogP contribution in [-0.4, -0.2) is 14.5 Å². The number of hydrogen-bond donors (Lipinski definition) is 0. The van der Waals surface area contributed by atoms with Gasteiger partial charge in [0.15, 0.2) is 0 Å². The second-order valence-electron chi connectivity index (χ2n) is 5.60. The molecule has 0 radical (unpaired) electrons. The summed E-state index contributed by atoms with van der Waals surface area (Å²) in [5, 5.41) is 1.50. The van der Waals surface area contributed by atoms with Gasteiger partial charge in [-0.2, -0.15) is 0 Å². The fraction of sp³-hybridized carbons (Fsp3) is 0.467. The second kappa shape index (κ2) is 4.97. The van der Waals surface area contributed by atoms with E-state index in [2.05, 4.69) is 40.7 Å². The molecule has 2 atom stereocenters. The maximum absolute atomic E-state index is 6.10. The first kappa shape index (κ1) is 12.7. The number of halogens is 1. The van der Waals surface area contributed by atoms with Crippen molar-refractivity contribution in [2.45, 2.75) is 39.2 Å². The molecule has 2 aromatic rings. The summed E-state index contributed by atoms with van der Waals surface area (Å²) >= 11 is 6.10. The third-order valence-corrected chi connectivity index (χ3v) is 4.17. The van der Waals surface area contributed by atoms with E-state index in [1.807, 2.05) is 6.07 Å². The molecule has 0 spiro atoms. The molecular formula is C15H18ClN3. The smallest absolute Gasteiger partial charge is 0.145 e. The number of allylic oxidation sites excluding steroid dienone is 2. The van der Waals surface area contributed by atoms with E-state index in [0.29, 0.717) is 17.1 Å². The average Bonchev–Trinajstić information content (AvgIpc) is 2.95. The molecule has 0 aliphatic heterocycles. The molecule has 2 unspecified atom stereocenters. The summed E-state index contributed by atoms with van der Waals surface area (Å²) in [6, 6.07) is 2.55. The van der Waals surface area contributed by atoms with Crippen molar-refractivity contribution in [1.29, 1.82) is 0 Å². The lowest BCUT2D eigenvalue weighted by Crippen LogP contribution is -2.05. The maximum Gasteiger partial charge on any atom is 0.145 e. The SMILES string of the molecule is CC(C)=CC1CCC(n2ccc3c(Cl)ncnc32)C1. The Kier molecular flexibility index (Phi) is 3.31. The van der Waals surface area contributed by atoms with Gasteiger partial charge in [0, 0.05) is 12.2 Å². The Hall–Kier alpha value is -1.35. The van der Waals surface area contributed by atoms with E-state index in [4.69, 9.17) is 11.6 Å². The number of nitrogens with zero attached hydrogens (tertiary/aromatic N) is 3. The van der Waals surface area contributed by atoms with Crippen molar-refractivity contribution >= 4 is 22.6 Å². The van der Waals surface area contributed by atoms with Gasteiger partial charge in [0.2, 0.25) is 0 Å². The second-order valence-corrected chi connectivity index (χ2v) is 5.95. The summed E-state index contributed by atoms with van der Waals surface area (Å²) in [5.74, 6) is 0.699. The Morgan fingerprint density at radius 2 is 2.21 bits per heavy atom. The zero-order valence-corrected chi connectivity index (χ0v) is 12.1. The molecule has 1 aliphatic carbocycles. The van der Waals surface area contributed by atoms with Crippen molar-refractivity contribution in [3.63, 3.8) is 0 Å². The highest BCUT2D eigenvalue weighted by molar-refractivity contribution is 6.33. The number of aromatic nitrogens is 3. The van der Waals surface area contributed by atoms with Crippen LogP contribution in [0.2, 0.25) is 5.15 Å². The fourth-order valence-corrected chi connectivity index (χ4v) is 3.29. The van der Waals surface area contributed by atoms with Gasteiger partial charge in [0.1, 0.15) is 17.1 Å². The first-order valence-corrected chi connectivity index (χ1v) is 7.15. The first-order valence-electron chi connectivity index (χ1n) is 6.77. The molecule has 2 heterocycles. The molecule has 1 aliphatic rings. The first-order chi connectivity index (χ1) is 9.15. The summed E-state index contributed by atoms with van der Waals surface area (Å²) in [6.07, 6.45) is 9.70. The molecule has 19 heavy (non-hydrogen) atoms. The van der Waals surface area contributed by atoms with Crippen LogP contribution in [0.15, 0.2) is 30.2 Å². The van der Waals surface area contributed by atoms with Gasteiger partial charge in [-0.15, -0.1) is 0 Å². The molecule has 1 fully saturated rings. The third-order valence-electron chi connectivity index (χ3n) is 3.87. The molecule has 0 bridgehead atoms. The molecule has 4 heteroatoms. The van der Waals surface area contributed by atoms with E-state index >= 15 is 0 Å². The highest BCUT2D eigenvalue weighted by Gasteiger charge is 2.25. The van der Waals surface area contributed by atoms with E-state index in [0.717, 1.165) is 11.0 Å². The minimum Gasteiger partial charge on any atom is -0.329 e. The summed E-state index contributed by atoms with van der Waals surface area (Å²) in [7, 11) is 0. The van der Waals surface area contributed by atoms with Crippen LogP contribution in [0, 0.1) is 5.92 Å². The Labute approximate surface area is 118 Å². The predicted octanol–water partition coefficient (Wildman–Crippen LogP) is 4.39. The standard InChI is InChI=1S/C15H18ClN3/c1-10(2)7-11-3-4-12(8-11)19-6-5-13-14(16)17-9-18-15(13)19/h5-7,9,11-12H,3-4,8H2,1-2H3. The van der Waals surface area contributed by atoms with Gasteiger partial charge < -0.3 is 4.57 Å². The van der Waals surface area contributed by atoms with Crippen molar-refractivity contribution in [3.05, 3.63) is 35.4 Å². The monoisotopic (exact) mass is 275 g/mol. The quantitative estimate of drug-likeness (QED) is 0.601. The number of rotatable bonds is 2. The Bertz CT molecular complexity index is 625. The van der Waals surface area contributed by atoms with Crippen molar-refractivity contribution in [3.8, 4) is 0 Å². The van der Waals surface area contributed by atoms with E-state index < -0.39 is 0 Å². The Morgan fingerprint density at radius 3 is 3.00 bits per heavy atom. The molecule has 3 nitrogen and oxygen atoms in total. The minimum absolute atomic E-state index is 0.532. The highest BCUT2D eigenvalue weighted by atomic mass is 35.5. The van der Waals surface area contributed by atoms with Crippen LogP contribution < -0.4 is 0 Å². The molecule has 0 amide bonds.